The van der Waals surface area contributed by atoms with E-state index in [0.717, 1.165) is 62.1 Å². The third kappa shape index (κ3) is 6.14. The lowest BCUT2D eigenvalue weighted by molar-refractivity contribution is 0.487. The molecule has 0 spiro atoms. The zero-order valence-corrected chi connectivity index (χ0v) is 38.2. The summed E-state index contributed by atoms with van der Waals surface area (Å²) in [5, 5.41) is 16.9. The third-order valence-electron chi connectivity index (χ3n) is 14.4. The van der Waals surface area contributed by atoms with Crippen molar-refractivity contribution in [1.29, 1.82) is 0 Å². The summed E-state index contributed by atoms with van der Waals surface area (Å²) in [5.41, 5.74) is 11.2. The van der Waals surface area contributed by atoms with Crippen molar-refractivity contribution in [2.75, 3.05) is 9.80 Å². The summed E-state index contributed by atoms with van der Waals surface area (Å²) in [4.78, 5) is 4.87. The number of aryl methyl sites for hydroxylation is 2. The Kier molecular flexibility index (Phi) is 8.71. The molecule has 13 aromatic rings. The van der Waals surface area contributed by atoms with Crippen LogP contribution < -0.4 is 14.5 Å². The van der Waals surface area contributed by atoms with Crippen molar-refractivity contribution in [2.24, 2.45) is 0 Å². The number of rotatable bonds is 6. The summed E-state index contributed by atoms with van der Waals surface area (Å²) < 4.78 is 7.17. The van der Waals surface area contributed by atoms with Crippen LogP contribution in [0.2, 0.25) is 0 Å². The summed E-state index contributed by atoms with van der Waals surface area (Å²) in [6.07, 6.45) is 0. The lowest BCUT2D eigenvalue weighted by Gasteiger charge is -2.31. The zero-order chi connectivity index (χ0) is 45.7. The van der Waals surface area contributed by atoms with Crippen LogP contribution in [-0.2, 0) is 0 Å². The van der Waals surface area contributed by atoms with Gasteiger partial charge in [-0.25, -0.2) is 0 Å². The van der Waals surface area contributed by atoms with Gasteiger partial charge in [-0.05, 0) is 146 Å². The smallest absolute Gasteiger partial charge is 0.137 e. The first-order valence-electron chi connectivity index (χ1n) is 23.8. The summed E-state index contributed by atoms with van der Waals surface area (Å²) in [7, 11) is 0. The Morgan fingerprint density at radius 1 is 0.275 bits per heavy atom. The van der Waals surface area contributed by atoms with E-state index in [0.29, 0.717) is 0 Å². The molecule has 0 radical (unpaired) electrons. The first-order chi connectivity index (χ1) is 34.0. The predicted molar refractivity (Wildman–Crippen MR) is 293 cm³/mol. The van der Waals surface area contributed by atoms with Crippen LogP contribution in [0.5, 0.6) is 11.5 Å². The minimum Gasteiger partial charge on any atom is -0.456 e. The van der Waals surface area contributed by atoms with E-state index in [-0.39, 0.29) is 0 Å². The van der Waals surface area contributed by atoms with Gasteiger partial charge in [-0.2, -0.15) is 0 Å². The topological polar surface area (TPSA) is 15.7 Å². The van der Waals surface area contributed by atoms with Crippen LogP contribution in [0.15, 0.2) is 231 Å². The van der Waals surface area contributed by atoms with E-state index in [1.807, 2.05) is 0 Å². The number of hydrogen-bond donors (Lipinski definition) is 0. The van der Waals surface area contributed by atoms with E-state index in [4.69, 9.17) is 4.74 Å². The Hall–Kier alpha value is -8.92. The normalized spacial score (nSPS) is 12.0. The van der Waals surface area contributed by atoms with Crippen molar-refractivity contribution < 1.29 is 4.74 Å². The van der Waals surface area contributed by atoms with E-state index in [1.165, 1.54) is 81.1 Å². The standard InChI is InChI=1S/C66H44N2O/c1-41-29-31-54-56(33-41)57-39-60-55-32-30-47(67(45-19-5-3-6-20-45)61-36-43-17-9-11-23-48(43)50-25-13-15-27-52(50)61)38-64(55)69-65-35-42(2)34-59(66(60)65)58(57)40-63(54)68(46-21-7-4-8-22-46)62-37-44-18-10-12-24-49(44)51-26-14-16-28-53(51)62/h3-40H,1-2H3. The van der Waals surface area contributed by atoms with Gasteiger partial charge in [-0.1, -0.05) is 163 Å². The molecule has 0 amide bonds. The first kappa shape index (κ1) is 39.3. The van der Waals surface area contributed by atoms with Gasteiger partial charge in [0.2, 0.25) is 0 Å². The molecule has 3 heteroatoms. The maximum absolute atomic E-state index is 7.17. The maximum Gasteiger partial charge on any atom is 0.137 e. The van der Waals surface area contributed by atoms with Crippen LogP contribution in [0, 0.1) is 13.8 Å². The van der Waals surface area contributed by atoms with Gasteiger partial charge in [0.05, 0.1) is 17.1 Å². The molecular formula is C66H44N2O. The third-order valence-corrected chi connectivity index (χ3v) is 14.4. The molecule has 0 unspecified atom stereocenters. The minimum absolute atomic E-state index is 0.841. The highest BCUT2D eigenvalue weighted by Crippen LogP contribution is 2.54. The maximum atomic E-state index is 7.17. The van der Waals surface area contributed by atoms with Crippen LogP contribution in [0.25, 0.3) is 86.5 Å². The fraction of sp³-hybridized carbons (Fsp3) is 0.0303. The van der Waals surface area contributed by atoms with Crippen LogP contribution in [0.3, 0.4) is 0 Å². The average Bonchev–Trinajstić information content (AvgIpc) is 3.39. The van der Waals surface area contributed by atoms with Gasteiger partial charge in [0.1, 0.15) is 11.5 Å². The molecule has 0 saturated heterocycles. The van der Waals surface area contributed by atoms with E-state index in [2.05, 4.69) is 254 Å². The second-order valence-electron chi connectivity index (χ2n) is 18.6. The molecule has 14 rings (SSSR count). The number of ether oxygens (including phenoxy) is 1. The molecule has 3 nitrogen and oxygen atoms in total. The molecule has 0 fully saturated rings. The van der Waals surface area contributed by atoms with Crippen molar-refractivity contribution in [3.05, 3.63) is 242 Å². The van der Waals surface area contributed by atoms with Crippen molar-refractivity contribution >= 4 is 110 Å². The van der Waals surface area contributed by atoms with Gasteiger partial charge >= 0.3 is 0 Å². The zero-order valence-electron chi connectivity index (χ0n) is 38.2. The lowest BCUT2D eigenvalue weighted by atomic mass is 9.87. The molecule has 0 aromatic heterocycles. The monoisotopic (exact) mass is 880 g/mol. The molecule has 1 aliphatic rings. The average molecular weight is 881 g/mol. The van der Waals surface area contributed by atoms with Crippen LogP contribution in [0.4, 0.5) is 34.1 Å². The number of benzene rings is 13. The molecule has 13 aromatic carbocycles. The van der Waals surface area contributed by atoms with Crippen molar-refractivity contribution in [3.63, 3.8) is 0 Å². The fourth-order valence-corrected chi connectivity index (χ4v) is 11.4. The Morgan fingerprint density at radius 3 is 1.42 bits per heavy atom. The van der Waals surface area contributed by atoms with Gasteiger partial charge in [0.25, 0.3) is 0 Å². The number of nitrogens with zero attached hydrogens (tertiary/aromatic N) is 2. The SMILES string of the molecule is Cc1ccc2c(N(c3ccccc3)c3cc4ccccc4c4ccccc34)cc3c4cc(C)cc5c4c(cc3c2c1)-c1ccc(N(c2ccccc2)c2cc3ccccc3c3ccccc23)cc1O5. The molecular weight excluding hydrogens is 837 g/mol. The number of fused-ring (bicyclic) bond motifs is 12. The Labute approximate surface area is 400 Å². The summed E-state index contributed by atoms with van der Waals surface area (Å²) in [5.74, 6) is 1.72. The largest absolute Gasteiger partial charge is 0.456 e. The van der Waals surface area contributed by atoms with Crippen molar-refractivity contribution in [1.82, 2.24) is 0 Å². The number of hydrogen-bond acceptors (Lipinski definition) is 3. The molecule has 69 heavy (non-hydrogen) atoms. The first-order valence-corrected chi connectivity index (χ1v) is 23.8. The summed E-state index contributed by atoms with van der Waals surface area (Å²) >= 11 is 0. The Morgan fingerprint density at radius 2 is 0.768 bits per heavy atom. The molecule has 1 aliphatic heterocycles. The molecule has 0 atom stereocenters. The van der Waals surface area contributed by atoms with Gasteiger partial charge in [-0.3, -0.25) is 0 Å². The van der Waals surface area contributed by atoms with Gasteiger partial charge in [0, 0.05) is 50.2 Å². The highest BCUT2D eigenvalue weighted by atomic mass is 16.5. The van der Waals surface area contributed by atoms with Gasteiger partial charge in [0.15, 0.2) is 0 Å². The van der Waals surface area contributed by atoms with Gasteiger partial charge < -0.3 is 14.5 Å². The fourth-order valence-electron chi connectivity index (χ4n) is 11.4. The van der Waals surface area contributed by atoms with Crippen molar-refractivity contribution in [3.8, 4) is 22.6 Å². The quantitative estimate of drug-likeness (QED) is 0.155. The highest BCUT2D eigenvalue weighted by molar-refractivity contribution is 6.27. The Balaban J connectivity index is 1.01. The molecule has 324 valence electrons. The molecule has 0 saturated carbocycles. The molecule has 1 heterocycles. The minimum atomic E-state index is 0.841. The summed E-state index contributed by atoms with van der Waals surface area (Å²) in [6, 6.07) is 84.5. The van der Waals surface area contributed by atoms with Crippen molar-refractivity contribution in [2.45, 2.75) is 13.8 Å². The van der Waals surface area contributed by atoms with E-state index in [9.17, 15) is 0 Å². The van der Waals surface area contributed by atoms with Crippen LogP contribution >= 0.6 is 0 Å². The van der Waals surface area contributed by atoms with E-state index >= 15 is 0 Å². The lowest BCUT2D eigenvalue weighted by Crippen LogP contribution is -2.12. The molecule has 0 N–H and O–H groups in total. The number of para-hydroxylation sites is 2. The molecule has 0 aliphatic carbocycles. The van der Waals surface area contributed by atoms with Crippen LogP contribution in [-0.4, -0.2) is 0 Å². The second-order valence-corrected chi connectivity index (χ2v) is 18.6. The van der Waals surface area contributed by atoms with E-state index in [1.54, 1.807) is 0 Å². The van der Waals surface area contributed by atoms with Crippen LogP contribution in [0.1, 0.15) is 11.1 Å². The predicted octanol–water partition coefficient (Wildman–Crippen LogP) is 19.1. The van der Waals surface area contributed by atoms with E-state index < -0.39 is 0 Å². The number of anilines is 6. The van der Waals surface area contributed by atoms with Gasteiger partial charge in [-0.15, -0.1) is 0 Å². The summed E-state index contributed by atoms with van der Waals surface area (Å²) in [6.45, 7) is 4.40. The second kappa shape index (κ2) is 15.3. The highest BCUT2D eigenvalue weighted by Gasteiger charge is 2.28. The Bertz CT molecular complexity index is 4250. The molecule has 0 bridgehead atoms.